The van der Waals surface area contributed by atoms with Crippen molar-refractivity contribution in [3.05, 3.63) is 35.7 Å². The number of hydrogen-bond donors (Lipinski definition) is 1. The van der Waals surface area contributed by atoms with Crippen molar-refractivity contribution in [3.8, 4) is 11.5 Å². The van der Waals surface area contributed by atoms with Crippen LogP contribution < -0.4 is 0 Å². The molecule has 0 saturated carbocycles. The summed E-state index contributed by atoms with van der Waals surface area (Å²) >= 11 is 1.47. The Morgan fingerprint density at radius 1 is 1.32 bits per heavy atom. The minimum absolute atomic E-state index is 0.142. The van der Waals surface area contributed by atoms with Crippen molar-refractivity contribution in [1.29, 1.82) is 0 Å². The van der Waals surface area contributed by atoms with Gasteiger partial charge >= 0.3 is 5.97 Å². The predicted octanol–water partition coefficient (Wildman–Crippen LogP) is 2.75. The Bertz CT molecular complexity index is 551. The summed E-state index contributed by atoms with van der Waals surface area (Å²) < 4.78 is 5.53. The maximum Gasteiger partial charge on any atom is 0.304 e. The first kappa shape index (κ1) is 13.6. The monoisotopic (exact) mass is 278 g/mol. The first-order chi connectivity index (χ1) is 9.15. The highest BCUT2D eigenvalue weighted by molar-refractivity contribution is 7.98. The van der Waals surface area contributed by atoms with E-state index in [0.717, 1.165) is 5.56 Å². The lowest BCUT2D eigenvalue weighted by Crippen LogP contribution is -1.96. The standard InChI is InChI=1S/C13H14N2O3S/c1-9-2-4-10(5-3-9)13-15-14-11(18-13)8-19-7-6-12(16)17/h2-5H,6-8H2,1H3,(H,16,17). The Morgan fingerprint density at radius 3 is 2.74 bits per heavy atom. The van der Waals surface area contributed by atoms with Crippen molar-refractivity contribution < 1.29 is 14.3 Å². The molecule has 0 aliphatic heterocycles. The molecule has 0 spiro atoms. The smallest absolute Gasteiger partial charge is 0.304 e. The summed E-state index contributed by atoms with van der Waals surface area (Å²) in [7, 11) is 0. The molecular weight excluding hydrogens is 264 g/mol. The van der Waals surface area contributed by atoms with Crippen molar-refractivity contribution >= 4 is 17.7 Å². The number of nitrogens with zero attached hydrogens (tertiary/aromatic N) is 2. The Balaban J connectivity index is 1.91. The molecule has 0 bridgehead atoms. The molecule has 1 N–H and O–H groups in total. The van der Waals surface area contributed by atoms with Crippen molar-refractivity contribution in [1.82, 2.24) is 10.2 Å². The molecule has 0 fully saturated rings. The zero-order valence-corrected chi connectivity index (χ0v) is 11.3. The van der Waals surface area contributed by atoms with E-state index >= 15 is 0 Å². The summed E-state index contributed by atoms with van der Waals surface area (Å²) in [5, 5.41) is 16.5. The Labute approximate surface area is 115 Å². The van der Waals surface area contributed by atoms with Crippen molar-refractivity contribution in [2.75, 3.05) is 5.75 Å². The fraction of sp³-hybridized carbons (Fsp3) is 0.308. The van der Waals surface area contributed by atoms with E-state index in [4.69, 9.17) is 9.52 Å². The summed E-state index contributed by atoms with van der Waals surface area (Å²) in [6.45, 7) is 2.02. The molecular formula is C13H14N2O3S. The average Bonchev–Trinajstić information content (AvgIpc) is 2.84. The third-order valence-electron chi connectivity index (χ3n) is 2.45. The lowest BCUT2D eigenvalue weighted by molar-refractivity contribution is -0.136. The van der Waals surface area contributed by atoms with Gasteiger partial charge in [-0.15, -0.1) is 10.2 Å². The molecule has 0 aliphatic carbocycles. The Hall–Kier alpha value is -1.82. The van der Waals surface area contributed by atoms with E-state index in [2.05, 4.69) is 10.2 Å². The largest absolute Gasteiger partial charge is 0.481 e. The van der Waals surface area contributed by atoms with Crippen LogP contribution in [0.5, 0.6) is 0 Å². The molecule has 0 unspecified atom stereocenters. The predicted molar refractivity (Wildman–Crippen MR) is 72.9 cm³/mol. The van der Waals surface area contributed by atoms with Gasteiger partial charge in [0.1, 0.15) is 0 Å². The Kier molecular flexibility index (Phi) is 4.57. The quantitative estimate of drug-likeness (QED) is 0.819. The van der Waals surface area contributed by atoms with Crippen LogP contribution in [0.15, 0.2) is 28.7 Å². The van der Waals surface area contributed by atoms with Gasteiger partial charge in [-0.25, -0.2) is 0 Å². The highest BCUT2D eigenvalue weighted by atomic mass is 32.2. The number of aromatic nitrogens is 2. The van der Waals surface area contributed by atoms with E-state index in [1.807, 2.05) is 31.2 Å². The van der Waals surface area contributed by atoms with E-state index in [0.29, 0.717) is 23.3 Å². The van der Waals surface area contributed by atoms with E-state index in [-0.39, 0.29) is 6.42 Å². The van der Waals surface area contributed by atoms with Gasteiger partial charge < -0.3 is 9.52 Å². The minimum atomic E-state index is -0.793. The summed E-state index contributed by atoms with van der Waals surface area (Å²) in [6, 6.07) is 7.84. The SMILES string of the molecule is Cc1ccc(-c2nnc(CSCCC(=O)O)o2)cc1. The number of aryl methyl sites for hydroxylation is 1. The van der Waals surface area contributed by atoms with Crippen LogP contribution in [0, 0.1) is 6.92 Å². The van der Waals surface area contributed by atoms with Crippen molar-refractivity contribution in [2.45, 2.75) is 19.1 Å². The van der Waals surface area contributed by atoms with Gasteiger partial charge in [-0.2, -0.15) is 11.8 Å². The summed E-state index contributed by atoms with van der Waals surface area (Å²) in [5.74, 6) is 1.29. The van der Waals surface area contributed by atoms with Gasteiger partial charge in [0.2, 0.25) is 11.8 Å². The van der Waals surface area contributed by atoms with Gasteiger partial charge in [0.05, 0.1) is 12.2 Å². The second-order valence-electron chi connectivity index (χ2n) is 4.06. The number of aliphatic carboxylic acids is 1. The molecule has 0 aliphatic rings. The van der Waals surface area contributed by atoms with Gasteiger partial charge in [0.25, 0.3) is 0 Å². The Morgan fingerprint density at radius 2 is 2.05 bits per heavy atom. The zero-order valence-electron chi connectivity index (χ0n) is 10.5. The zero-order chi connectivity index (χ0) is 13.7. The minimum Gasteiger partial charge on any atom is -0.481 e. The van der Waals surface area contributed by atoms with Crippen LogP contribution in [-0.4, -0.2) is 27.0 Å². The van der Waals surface area contributed by atoms with Crippen LogP contribution in [0.25, 0.3) is 11.5 Å². The fourth-order valence-electron chi connectivity index (χ4n) is 1.44. The topological polar surface area (TPSA) is 76.2 Å². The molecule has 19 heavy (non-hydrogen) atoms. The van der Waals surface area contributed by atoms with E-state index in [1.165, 1.54) is 17.3 Å². The molecule has 0 amide bonds. The van der Waals surface area contributed by atoms with Crippen LogP contribution in [0.1, 0.15) is 17.9 Å². The third-order valence-corrected chi connectivity index (χ3v) is 3.40. The van der Waals surface area contributed by atoms with Crippen LogP contribution in [0.3, 0.4) is 0 Å². The highest BCUT2D eigenvalue weighted by Crippen LogP contribution is 2.20. The maximum atomic E-state index is 10.4. The molecule has 0 saturated heterocycles. The second kappa shape index (κ2) is 6.38. The number of carbonyl (C=O) groups is 1. The molecule has 0 atom stereocenters. The number of benzene rings is 1. The van der Waals surface area contributed by atoms with E-state index < -0.39 is 5.97 Å². The first-order valence-corrected chi connectivity index (χ1v) is 6.99. The van der Waals surface area contributed by atoms with Crippen molar-refractivity contribution in [2.24, 2.45) is 0 Å². The van der Waals surface area contributed by atoms with E-state index in [1.54, 1.807) is 0 Å². The van der Waals surface area contributed by atoms with Crippen LogP contribution in [0.4, 0.5) is 0 Å². The van der Waals surface area contributed by atoms with Crippen molar-refractivity contribution in [3.63, 3.8) is 0 Å². The number of thioether (sulfide) groups is 1. The molecule has 1 aromatic heterocycles. The lowest BCUT2D eigenvalue weighted by atomic mass is 10.1. The summed E-state index contributed by atoms with van der Waals surface area (Å²) in [6.07, 6.45) is 0.142. The normalized spacial score (nSPS) is 10.6. The molecule has 1 aromatic carbocycles. The fourth-order valence-corrected chi connectivity index (χ4v) is 2.20. The van der Waals surface area contributed by atoms with Gasteiger partial charge in [-0.3, -0.25) is 4.79 Å². The maximum absolute atomic E-state index is 10.4. The second-order valence-corrected chi connectivity index (χ2v) is 5.17. The molecule has 2 rings (SSSR count). The molecule has 2 aromatic rings. The third kappa shape index (κ3) is 4.10. The molecule has 6 heteroatoms. The summed E-state index contributed by atoms with van der Waals surface area (Å²) in [4.78, 5) is 10.4. The van der Waals surface area contributed by atoms with Crippen LogP contribution in [0.2, 0.25) is 0 Å². The van der Waals surface area contributed by atoms with Crippen LogP contribution in [-0.2, 0) is 10.5 Å². The number of carboxylic acids is 1. The van der Waals surface area contributed by atoms with Gasteiger partial charge in [-0.1, -0.05) is 17.7 Å². The number of rotatable bonds is 6. The van der Waals surface area contributed by atoms with Gasteiger partial charge in [0, 0.05) is 11.3 Å². The van der Waals surface area contributed by atoms with Gasteiger partial charge in [0.15, 0.2) is 0 Å². The number of carboxylic acid groups (broad SMARTS) is 1. The van der Waals surface area contributed by atoms with Gasteiger partial charge in [-0.05, 0) is 19.1 Å². The molecule has 0 radical (unpaired) electrons. The molecule has 5 nitrogen and oxygen atoms in total. The molecule has 100 valence electrons. The molecule has 1 heterocycles. The summed E-state index contributed by atoms with van der Waals surface area (Å²) in [5.41, 5.74) is 2.06. The van der Waals surface area contributed by atoms with E-state index in [9.17, 15) is 4.79 Å². The van der Waals surface area contributed by atoms with Crippen LogP contribution >= 0.6 is 11.8 Å². The number of hydrogen-bond acceptors (Lipinski definition) is 5. The lowest BCUT2D eigenvalue weighted by Gasteiger charge is -1.96. The first-order valence-electron chi connectivity index (χ1n) is 5.84. The highest BCUT2D eigenvalue weighted by Gasteiger charge is 2.08. The average molecular weight is 278 g/mol.